The molecule has 5 heteroatoms. The lowest BCUT2D eigenvalue weighted by Gasteiger charge is -2.24. The van der Waals surface area contributed by atoms with Crippen molar-refractivity contribution in [3.05, 3.63) is 29.6 Å². The molecule has 1 atom stereocenters. The Kier molecular flexibility index (Phi) is 3.81. The van der Waals surface area contributed by atoms with E-state index in [4.69, 9.17) is 5.73 Å². The highest BCUT2D eigenvalue weighted by Crippen LogP contribution is 2.28. The van der Waals surface area contributed by atoms with Gasteiger partial charge in [-0.2, -0.15) is 0 Å². The van der Waals surface area contributed by atoms with E-state index in [1.165, 1.54) is 12.1 Å². The highest BCUT2D eigenvalue weighted by molar-refractivity contribution is 5.81. The van der Waals surface area contributed by atoms with E-state index in [9.17, 15) is 9.18 Å². The Morgan fingerprint density at radius 2 is 2.39 bits per heavy atom. The van der Waals surface area contributed by atoms with E-state index in [-0.39, 0.29) is 11.7 Å². The molecule has 0 aliphatic carbocycles. The molecule has 0 saturated heterocycles. The van der Waals surface area contributed by atoms with Gasteiger partial charge < -0.3 is 16.0 Å². The number of primary amides is 1. The Balaban J connectivity index is 2.13. The van der Waals surface area contributed by atoms with Crippen molar-refractivity contribution in [3.63, 3.8) is 0 Å². The summed E-state index contributed by atoms with van der Waals surface area (Å²) in [6, 6.07) is 4.39. The van der Waals surface area contributed by atoms with Gasteiger partial charge >= 0.3 is 0 Å². The Morgan fingerprint density at radius 3 is 3.06 bits per heavy atom. The topological polar surface area (TPSA) is 58.4 Å². The first-order valence-electron chi connectivity index (χ1n) is 6.18. The van der Waals surface area contributed by atoms with E-state index in [1.807, 2.05) is 11.8 Å². The van der Waals surface area contributed by atoms with Crippen LogP contribution in [0.1, 0.15) is 12.5 Å². The lowest BCUT2D eigenvalue weighted by Crippen LogP contribution is -2.48. The van der Waals surface area contributed by atoms with Crippen LogP contribution in [0.4, 0.5) is 10.1 Å². The molecule has 0 radical (unpaired) electrons. The normalized spacial score (nSPS) is 15.6. The number of carbonyl (C=O) groups excluding carboxylic acids is 1. The number of benzene rings is 1. The summed E-state index contributed by atoms with van der Waals surface area (Å²) in [5.41, 5.74) is 7.34. The third-order valence-corrected chi connectivity index (χ3v) is 3.24. The van der Waals surface area contributed by atoms with Crippen LogP contribution >= 0.6 is 0 Å². The van der Waals surface area contributed by atoms with Gasteiger partial charge in [-0.3, -0.25) is 4.79 Å². The quantitative estimate of drug-likeness (QED) is 0.808. The largest absolute Gasteiger partial charge is 0.369 e. The number of hydrogen-bond acceptors (Lipinski definition) is 3. The van der Waals surface area contributed by atoms with Crippen LogP contribution in [0.5, 0.6) is 0 Å². The number of nitrogens with two attached hydrogens (primary N) is 1. The minimum Gasteiger partial charge on any atom is -0.369 e. The van der Waals surface area contributed by atoms with E-state index < -0.39 is 6.04 Å². The Labute approximate surface area is 106 Å². The SMILES string of the molecule is CCNC(CN1CCc2ccc(F)cc21)C(N)=O. The van der Waals surface area contributed by atoms with Crippen molar-refractivity contribution in [2.24, 2.45) is 5.73 Å². The highest BCUT2D eigenvalue weighted by Gasteiger charge is 2.24. The molecule has 3 N–H and O–H groups in total. The van der Waals surface area contributed by atoms with Gasteiger partial charge in [-0.05, 0) is 30.7 Å². The fourth-order valence-electron chi connectivity index (χ4n) is 2.33. The fraction of sp³-hybridized carbons (Fsp3) is 0.462. The molecule has 1 aromatic carbocycles. The summed E-state index contributed by atoms with van der Waals surface area (Å²) in [4.78, 5) is 13.3. The predicted octanol–water partition coefficient (Wildman–Crippen LogP) is 0.652. The second-order valence-corrected chi connectivity index (χ2v) is 4.48. The van der Waals surface area contributed by atoms with Crippen LogP contribution < -0.4 is 16.0 Å². The molecule has 0 fully saturated rings. The van der Waals surface area contributed by atoms with Gasteiger partial charge in [0.05, 0.1) is 0 Å². The summed E-state index contributed by atoms with van der Waals surface area (Å²) in [6.45, 7) is 3.89. The predicted molar refractivity (Wildman–Crippen MR) is 69.0 cm³/mol. The number of nitrogens with zero attached hydrogens (tertiary/aromatic N) is 1. The minimum atomic E-state index is -0.399. The molecular weight excluding hydrogens is 233 g/mol. The van der Waals surface area contributed by atoms with E-state index >= 15 is 0 Å². The number of halogens is 1. The smallest absolute Gasteiger partial charge is 0.236 e. The van der Waals surface area contributed by atoms with Crippen molar-refractivity contribution in [2.45, 2.75) is 19.4 Å². The zero-order chi connectivity index (χ0) is 13.1. The van der Waals surface area contributed by atoms with E-state index in [1.54, 1.807) is 6.07 Å². The molecule has 1 aromatic rings. The fourth-order valence-corrected chi connectivity index (χ4v) is 2.33. The van der Waals surface area contributed by atoms with Crippen molar-refractivity contribution in [3.8, 4) is 0 Å². The summed E-state index contributed by atoms with van der Waals surface area (Å²) >= 11 is 0. The van der Waals surface area contributed by atoms with Crippen molar-refractivity contribution >= 4 is 11.6 Å². The lowest BCUT2D eigenvalue weighted by atomic mass is 10.1. The van der Waals surface area contributed by atoms with Crippen molar-refractivity contribution in [2.75, 3.05) is 24.5 Å². The Bertz CT molecular complexity index is 450. The van der Waals surface area contributed by atoms with Gasteiger partial charge in [0.15, 0.2) is 0 Å². The Morgan fingerprint density at radius 1 is 1.61 bits per heavy atom. The zero-order valence-electron chi connectivity index (χ0n) is 10.4. The number of carbonyl (C=O) groups is 1. The van der Waals surface area contributed by atoms with Crippen LogP contribution in [0.25, 0.3) is 0 Å². The standard InChI is InChI=1S/C13H18FN3O/c1-2-16-11(13(15)18)8-17-6-5-9-3-4-10(14)7-12(9)17/h3-4,7,11,16H,2,5-6,8H2,1H3,(H2,15,18). The van der Waals surface area contributed by atoms with Crippen LogP contribution in [-0.2, 0) is 11.2 Å². The average Bonchev–Trinajstić information content (AvgIpc) is 2.71. The molecule has 1 heterocycles. The molecule has 1 unspecified atom stereocenters. The van der Waals surface area contributed by atoms with Crippen molar-refractivity contribution < 1.29 is 9.18 Å². The maximum atomic E-state index is 13.2. The molecule has 98 valence electrons. The summed E-state index contributed by atoms with van der Waals surface area (Å²) in [5.74, 6) is -0.624. The number of likely N-dealkylation sites (N-methyl/N-ethyl adjacent to an activating group) is 1. The summed E-state index contributed by atoms with van der Waals surface area (Å²) in [5, 5.41) is 3.04. The molecule has 0 saturated carbocycles. The minimum absolute atomic E-state index is 0.250. The van der Waals surface area contributed by atoms with Gasteiger partial charge in [0.25, 0.3) is 0 Å². The molecule has 0 spiro atoms. The lowest BCUT2D eigenvalue weighted by molar-refractivity contribution is -0.119. The second kappa shape index (κ2) is 5.35. The maximum Gasteiger partial charge on any atom is 0.236 e. The van der Waals surface area contributed by atoms with Crippen molar-refractivity contribution in [1.82, 2.24) is 5.32 Å². The average molecular weight is 251 g/mol. The van der Waals surface area contributed by atoms with E-state index in [2.05, 4.69) is 5.32 Å². The van der Waals surface area contributed by atoms with Crippen LogP contribution in [0.2, 0.25) is 0 Å². The first kappa shape index (κ1) is 12.8. The molecule has 18 heavy (non-hydrogen) atoms. The van der Waals surface area contributed by atoms with E-state index in [0.717, 1.165) is 24.2 Å². The monoisotopic (exact) mass is 251 g/mol. The number of anilines is 1. The molecule has 1 amide bonds. The molecule has 4 nitrogen and oxygen atoms in total. The molecule has 2 rings (SSSR count). The third kappa shape index (κ3) is 2.61. The Hall–Kier alpha value is -1.62. The first-order chi connectivity index (χ1) is 8.61. The van der Waals surface area contributed by atoms with Crippen LogP contribution in [-0.4, -0.2) is 31.6 Å². The molecule has 0 bridgehead atoms. The summed E-state index contributed by atoms with van der Waals surface area (Å²) in [7, 11) is 0. The van der Waals surface area contributed by atoms with Gasteiger partial charge in [-0.1, -0.05) is 13.0 Å². The number of hydrogen-bond donors (Lipinski definition) is 2. The van der Waals surface area contributed by atoms with Gasteiger partial charge in [-0.15, -0.1) is 0 Å². The van der Waals surface area contributed by atoms with Crippen LogP contribution in [0, 0.1) is 5.82 Å². The van der Waals surface area contributed by atoms with Gasteiger partial charge in [0.1, 0.15) is 11.9 Å². The van der Waals surface area contributed by atoms with Crippen LogP contribution in [0.15, 0.2) is 18.2 Å². The molecular formula is C13H18FN3O. The second-order valence-electron chi connectivity index (χ2n) is 4.48. The molecule has 1 aliphatic rings. The van der Waals surface area contributed by atoms with Gasteiger partial charge in [0, 0.05) is 18.8 Å². The molecule has 0 aromatic heterocycles. The zero-order valence-corrected chi connectivity index (χ0v) is 10.4. The van der Waals surface area contributed by atoms with Gasteiger partial charge in [-0.25, -0.2) is 4.39 Å². The summed E-state index contributed by atoms with van der Waals surface area (Å²) in [6.07, 6.45) is 0.882. The third-order valence-electron chi connectivity index (χ3n) is 3.24. The maximum absolute atomic E-state index is 13.2. The van der Waals surface area contributed by atoms with Crippen molar-refractivity contribution in [1.29, 1.82) is 0 Å². The van der Waals surface area contributed by atoms with Gasteiger partial charge in [0.2, 0.25) is 5.91 Å². The highest BCUT2D eigenvalue weighted by atomic mass is 19.1. The number of rotatable bonds is 5. The molecule has 1 aliphatic heterocycles. The number of amides is 1. The number of fused-ring (bicyclic) bond motifs is 1. The first-order valence-corrected chi connectivity index (χ1v) is 6.18. The number of nitrogens with one attached hydrogen (secondary N) is 1. The van der Waals surface area contributed by atoms with E-state index in [0.29, 0.717) is 13.1 Å². The summed E-state index contributed by atoms with van der Waals surface area (Å²) < 4.78 is 13.2. The van der Waals surface area contributed by atoms with Crippen LogP contribution in [0.3, 0.4) is 0 Å².